The van der Waals surface area contributed by atoms with E-state index in [0.29, 0.717) is 0 Å². The standard InChI is InChI=1S/C7H11NO3S/c1-2-3-4-12(10,11)8-5-7(9)6-8/h1,7,9H,3-6H2. The highest BCUT2D eigenvalue weighted by atomic mass is 32.2. The summed E-state index contributed by atoms with van der Waals surface area (Å²) in [6.07, 6.45) is 4.68. The van der Waals surface area contributed by atoms with Crippen molar-refractivity contribution in [2.75, 3.05) is 18.8 Å². The maximum Gasteiger partial charge on any atom is 0.215 e. The zero-order valence-electron chi connectivity index (χ0n) is 6.60. The molecular weight excluding hydrogens is 178 g/mol. The molecule has 0 aromatic heterocycles. The second-order valence-electron chi connectivity index (χ2n) is 2.74. The Hall–Kier alpha value is -0.570. The second-order valence-corrected chi connectivity index (χ2v) is 4.83. The van der Waals surface area contributed by atoms with Crippen LogP contribution >= 0.6 is 0 Å². The van der Waals surface area contributed by atoms with E-state index in [1.165, 1.54) is 4.31 Å². The van der Waals surface area contributed by atoms with Crippen LogP contribution in [0.1, 0.15) is 6.42 Å². The molecule has 0 aromatic carbocycles. The van der Waals surface area contributed by atoms with Crippen molar-refractivity contribution in [1.29, 1.82) is 0 Å². The first-order chi connectivity index (χ1) is 5.56. The van der Waals surface area contributed by atoms with Crippen molar-refractivity contribution in [3.05, 3.63) is 0 Å². The molecule has 5 heteroatoms. The van der Waals surface area contributed by atoms with Gasteiger partial charge in [-0.1, -0.05) is 0 Å². The van der Waals surface area contributed by atoms with E-state index in [-0.39, 0.29) is 25.3 Å². The van der Waals surface area contributed by atoms with E-state index < -0.39 is 16.1 Å². The van der Waals surface area contributed by atoms with Gasteiger partial charge in [-0.05, 0) is 0 Å². The number of hydrogen-bond donors (Lipinski definition) is 1. The average Bonchev–Trinajstić information content (AvgIpc) is 1.95. The minimum atomic E-state index is -3.19. The highest BCUT2D eigenvalue weighted by molar-refractivity contribution is 7.89. The molecule has 0 bridgehead atoms. The van der Waals surface area contributed by atoms with Crippen LogP contribution in [0.5, 0.6) is 0 Å². The molecule has 0 atom stereocenters. The molecule has 1 N–H and O–H groups in total. The highest BCUT2D eigenvalue weighted by Crippen LogP contribution is 2.13. The Labute approximate surface area is 72.2 Å². The number of aliphatic hydroxyl groups is 1. The summed E-state index contributed by atoms with van der Waals surface area (Å²) in [6, 6.07) is 0. The van der Waals surface area contributed by atoms with Gasteiger partial charge in [-0.15, -0.1) is 12.3 Å². The summed E-state index contributed by atoms with van der Waals surface area (Å²) in [5.74, 6) is 2.25. The van der Waals surface area contributed by atoms with Crippen LogP contribution in [0.15, 0.2) is 0 Å². The summed E-state index contributed by atoms with van der Waals surface area (Å²) >= 11 is 0. The molecule has 1 fully saturated rings. The average molecular weight is 189 g/mol. The number of hydrogen-bond acceptors (Lipinski definition) is 3. The van der Waals surface area contributed by atoms with E-state index in [1.54, 1.807) is 0 Å². The van der Waals surface area contributed by atoms with Gasteiger partial charge in [0.15, 0.2) is 0 Å². The Bertz CT molecular complexity index is 284. The molecule has 0 aliphatic carbocycles. The first kappa shape index (κ1) is 9.52. The van der Waals surface area contributed by atoms with E-state index in [1.807, 2.05) is 0 Å². The summed E-state index contributed by atoms with van der Waals surface area (Å²) in [5.41, 5.74) is 0. The lowest BCUT2D eigenvalue weighted by atomic mass is 10.2. The predicted molar refractivity (Wildman–Crippen MR) is 44.8 cm³/mol. The second kappa shape index (κ2) is 3.44. The van der Waals surface area contributed by atoms with Gasteiger partial charge in [0.25, 0.3) is 0 Å². The van der Waals surface area contributed by atoms with Crippen LogP contribution in [-0.2, 0) is 10.0 Å². The zero-order chi connectivity index (χ0) is 9.19. The highest BCUT2D eigenvalue weighted by Gasteiger charge is 2.33. The van der Waals surface area contributed by atoms with Crippen molar-refractivity contribution in [1.82, 2.24) is 4.31 Å². The molecule has 1 aliphatic rings. The van der Waals surface area contributed by atoms with Crippen LogP contribution < -0.4 is 0 Å². The van der Waals surface area contributed by atoms with E-state index in [2.05, 4.69) is 5.92 Å². The van der Waals surface area contributed by atoms with Gasteiger partial charge in [0, 0.05) is 19.5 Å². The Balaban J connectivity index is 2.45. The van der Waals surface area contributed by atoms with Crippen LogP contribution in [-0.4, -0.2) is 42.8 Å². The molecule has 0 saturated carbocycles. The summed E-state index contributed by atoms with van der Waals surface area (Å²) in [5, 5.41) is 8.86. The number of sulfonamides is 1. The van der Waals surface area contributed by atoms with Gasteiger partial charge in [-0.25, -0.2) is 8.42 Å². The van der Waals surface area contributed by atoms with Gasteiger partial charge < -0.3 is 5.11 Å². The fraction of sp³-hybridized carbons (Fsp3) is 0.714. The monoisotopic (exact) mass is 189 g/mol. The van der Waals surface area contributed by atoms with Gasteiger partial charge in [0.1, 0.15) is 0 Å². The van der Waals surface area contributed by atoms with Crippen LogP contribution in [0.4, 0.5) is 0 Å². The predicted octanol–water partition coefficient (Wildman–Crippen LogP) is -0.984. The summed E-state index contributed by atoms with van der Waals surface area (Å²) in [7, 11) is -3.19. The molecule has 0 unspecified atom stereocenters. The lowest BCUT2D eigenvalue weighted by molar-refractivity contribution is 0.0548. The number of rotatable bonds is 3. The van der Waals surface area contributed by atoms with E-state index in [9.17, 15) is 8.42 Å². The molecule has 68 valence electrons. The minimum Gasteiger partial charge on any atom is -0.390 e. The third-order valence-corrected chi connectivity index (χ3v) is 3.53. The lowest BCUT2D eigenvalue weighted by Gasteiger charge is -2.34. The first-order valence-electron chi connectivity index (χ1n) is 3.65. The molecule has 1 rings (SSSR count). The van der Waals surface area contributed by atoms with Gasteiger partial charge >= 0.3 is 0 Å². The topological polar surface area (TPSA) is 57.6 Å². The van der Waals surface area contributed by atoms with Crippen molar-refractivity contribution in [3.8, 4) is 12.3 Å². The van der Waals surface area contributed by atoms with Crippen molar-refractivity contribution in [2.24, 2.45) is 0 Å². The molecular formula is C7H11NO3S. The number of terminal acetylenes is 1. The maximum atomic E-state index is 11.2. The summed E-state index contributed by atoms with van der Waals surface area (Å²) in [6.45, 7) is 0.430. The molecule has 1 heterocycles. The van der Waals surface area contributed by atoms with Crippen LogP contribution in [0.2, 0.25) is 0 Å². The molecule has 0 radical (unpaired) electrons. The number of β-amino-alcohol motifs (C(OH)–C–C–N with tert-alkyl or cyclic N) is 1. The van der Waals surface area contributed by atoms with Crippen molar-refractivity contribution >= 4 is 10.0 Å². The summed E-state index contributed by atoms with van der Waals surface area (Å²) in [4.78, 5) is 0. The van der Waals surface area contributed by atoms with E-state index in [4.69, 9.17) is 11.5 Å². The SMILES string of the molecule is C#CCCS(=O)(=O)N1CC(O)C1. The maximum absolute atomic E-state index is 11.2. The number of aliphatic hydroxyl groups excluding tert-OH is 1. The molecule has 4 nitrogen and oxygen atoms in total. The van der Waals surface area contributed by atoms with Gasteiger partial charge in [-0.2, -0.15) is 4.31 Å². The molecule has 12 heavy (non-hydrogen) atoms. The van der Waals surface area contributed by atoms with Gasteiger partial charge in [-0.3, -0.25) is 0 Å². The van der Waals surface area contributed by atoms with E-state index in [0.717, 1.165) is 0 Å². The lowest BCUT2D eigenvalue weighted by Crippen LogP contribution is -2.53. The van der Waals surface area contributed by atoms with Gasteiger partial charge in [0.2, 0.25) is 10.0 Å². The van der Waals surface area contributed by atoms with E-state index >= 15 is 0 Å². The molecule has 0 aromatic rings. The first-order valence-corrected chi connectivity index (χ1v) is 5.26. The Morgan fingerprint density at radius 2 is 2.17 bits per heavy atom. The molecule has 0 spiro atoms. The van der Waals surface area contributed by atoms with Crippen LogP contribution in [0, 0.1) is 12.3 Å². The number of nitrogens with zero attached hydrogens (tertiary/aromatic N) is 1. The fourth-order valence-corrected chi connectivity index (χ4v) is 2.39. The molecule has 1 saturated heterocycles. The van der Waals surface area contributed by atoms with Crippen molar-refractivity contribution in [2.45, 2.75) is 12.5 Å². The third kappa shape index (κ3) is 1.97. The smallest absolute Gasteiger partial charge is 0.215 e. The van der Waals surface area contributed by atoms with Crippen molar-refractivity contribution in [3.63, 3.8) is 0 Å². The van der Waals surface area contributed by atoms with Crippen molar-refractivity contribution < 1.29 is 13.5 Å². The Kier molecular flexibility index (Phi) is 2.73. The Morgan fingerprint density at radius 1 is 1.58 bits per heavy atom. The molecule has 1 aliphatic heterocycles. The largest absolute Gasteiger partial charge is 0.390 e. The van der Waals surface area contributed by atoms with Crippen LogP contribution in [0.25, 0.3) is 0 Å². The Morgan fingerprint density at radius 3 is 2.58 bits per heavy atom. The van der Waals surface area contributed by atoms with Crippen LogP contribution in [0.3, 0.4) is 0 Å². The quantitative estimate of drug-likeness (QED) is 0.580. The molecule has 0 amide bonds. The fourth-order valence-electron chi connectivity index (χ4n) is 0.961. The minimum absolute atomic E-state index is 0.0176. The summed E-state index contributed by atoms with van der Waals surface area (Å²) < 4.78 is 23.7. The third-order valence-electron chi connectivity index (χ3n) is 1.73. The normalized spacial score (nSPS) is 20.0. The van der Waals surface area contributed by atoms with Gasteiger partial charge in [0.05, 0.1) is 11.9 Å². The zero-order valence-corrected chi connectivity index (χ0v) is 7.42.